The summed E-state index contributed by atoms with van der Waals surface area (Å²) in [6, 6.07) is 0. The van der Waals surface area contributed by atoms with E-state index >= 15 is 0 Å². The Balaban J connectivity index is 1.88. The van der Waals surface area contributed by atoms with E-state index in [0.29, 0.717) is 5.92 Å². The SMILES string of the molecule is CN(CC1CCCOC1)c1nc(Br)cs1. The van der Waals surface area contributed by atoms with E-state index in [-0.39, 0.29) is 0 Å². The van der Waals surface area contributed by atoms with Crippen molar-refractivity contribution in [3.8, 4) is 0 Å². The van der Waals surface area contributed by atoms with Crippen LogP contribution in [0.25, 0.3) is 0 Å². The maximum atomic E-state index is 5.47. The number of rotatable bonds is 3. The van der Waals surface area contributed by atoms with E-state index in [9.17, 15) is 0 Å². The third-order valence-corrected chi connectivity index (χ3v) is 4.24. The number of anilines is 1. The molecule has 15 heavy (non-hydrogen) atoms. The Bertz CT molecular complexity index is 312. The quantitative estimate of drug-likeness (QED) is 0.856. The molecule has 0 bridgehead atoms. The van der Waals surface area contributed by atoms with Gasteiger partial charge in [-0.25, -0.2) is 4.98 Å². The topological polar surface area (TPSA) is 25.4 Å². The number of hydrogen-bond acceptors (Lipinski definition) is 4. The highest BCUT2D eigenvalue weighted by Gasteiger charge is 2.17. The third-order valence-electron chi connectivity index (χ3n) is 2.58. The lowest BCUT2D eigenvalue weighted by Gasteiger charge is -2.26. The minimum atomic E-state index is 0.659. The molecule has 1 unspecified atom stereocenters. The molecular weight excluding hydrogens is 276 g/mol. The molecule has 1 aromatic rings. The van der Waals surface area contributed by atoms with Crippen LogP contribution in [-0.2, 0) is 4.74 Å². The largest absolute Gasteiger partial charge is 0.381 e. The summed E-state index contributed by atoms with van der Waals surface area (Å²) in [5.41, 5.74) is 0. The van der Waals surface area contributed by atoms with Gasteiger partial charge in [-0.15, -0.1) is 11.3 Å². The molecule has 3 nitrogen and oxygen atoms in total. The molecule has 5 heteroatoms. The van der Waals surface area contributed by atoms with Crippen molar-refractivity contribution in [2.75, 3.05) is 31.7 Å². The predicted octanol–water partition coefficient (Wildman–Crippen LogP) is 2.77. The van der Waals surface area contributed by atoms with E-state index in [0.717, 1.165) is 29.5 Å². The molecular formula is C10H15BrN2OS. The Morgan fingerprint density at radius 2 is 2.60 bits per heavy atom. The highest BCUT2D eigenvalue weighted by atomic mass is 79.9. The lowest BCUT2D eigenvalue weighted by atomic mass is 10.0. The van der Waals surface area contributed by atoms with Gasteiger partial charge in [0.25, 0.3) is 0 Å². The molecule has 1 aliphatic heterocycles. The Morgan fingerprint density at radius 1 is 1.73 bits per heavy atom. The zero-order valence-electron chi connectivity index (χ0n) is 8.78. The van der Waals surface area contributed by atoms with E-state index in [2.05, 4.69) is 32.9 Å². The maximum Gasteiger partial charge on any atom is 0.186 e. The van der Waals surface area contributed by atoms with Crippen LogP contribution in [0.3, 0.4) is 0 Å². The maximum absolute atomic E-state index is 5.47. The summed E-state index contributed by atoms with van der Waals surface area (Å²) in [5, 5.41) is 3.09. The lowest BCUT2D eigenvalue weighted by molar-refractivity contribution is 0.0576. The van der Waals surface area contributed by atoms with Crippen LogP contribution in [0.4, 0.5) is 5.13 Å². The lowest BCUT2D eigenvalue weighted by Crippen LogP contribution is -2.30. The zero-order chi connectivity index (χ0) is 10.7. The van der Waals surface area contributed by atoms with Gasteiger partial charge in [-0.1, -0.05) is 0 Å². The number of ether oxygens (including phenoxy) is 1. The van der Waals surface area contributed by atoms with Crippen molar-refractivity contribution >= 4 is 32.4 Å². The van der Waals surface area contributed by atoms with Crippen molar-refractivity contribution in [3.63, 3.8) is 0 Å². The summed E-state index contributed by atoms with van der Waals surface area (Å²) in [4.78, 5) is 6.61. The summed E-state index contributed by atoms with van der Waals surface area (Å²) in [5.74, 6) is 0.659. The summed E-state index contributed by atoms with van der Waals surface area (Å²) in [7, 11) is 2.10. The first-order valence-electron chi connectivity index (χ1n) is 5.15. The van der Waals surface area contributed by atoms with Gasteiger partial charge in [-0.3, -0.25) is 0 Å². The molecule has 0 N–H and O–H groups in total. The van der Waals surface area contributed by atoms with E-state index < -0.39 is 0 Å². The molecule has 0 aromatic carbocycles. The van der Waals surface area contributed by atoms with Crippen LogP contribution in [0.15, 0.2) is 9.98 Å². The normalized spacial score (nSPS) is 21.6. The Hall–Kier alpha value is -0.130. The molecule has 1 fully saturated rings. The summed E-state index contributed by atoms with van der Waals surface area (Å²) in [6.45, 7) is 2.87. The number of aromatic nitrogens is 1. The van der Waals surface area contributed by atoms with Crippen LogP contribution in [0.5, 0.6) is 0 Å². The minimum absolute atomic E-state index is 0.659. The van der Waals surface area contributed by atoms with Gasteiger partial charge in [0.2, 0.25) is 0 Å². The van der Waals surface area contributed by atoms with Gasteiger partial charge in [0.05, 0.1) is 6.61 Å². The highest BCUT2D eigenvalue weighted by Crippen LogP contribution is 2.24. The third kappa shape index (κ3) is 3.16. The molecule has 2 heterocycles. The molecule has 0 radical (unpaired) electrons. The van der Waals surface area contributed by atoms with Gasteiger partial charge in [0.15, 0.2) is 5.13 Å². The molecule has 1 aromatic heterocycles. The van der Waals surface area contributed by atoms with Crippen LogP contribution in [0.1, 0.15) is 12.8 Å². The number of halogens is 1. The van der Waals surface area contributed by atoms with Gasteiger partial charge in [-0.05, 0) is 34.7 Å². The van der Waals surface area contributed by atoms with Crippen molar-refractivity contribution in [1.82, 2.24) is 4.98 Å². The Morgan fingerprint density at radius 3 is 3.20 bits per heavy atom. The zero-order valence-corrected chi connectivity index (χ0v) is 11.2. The smallest absolute Gasteiger partial charge is 0.186 e. The molecule has 0 aliphatic carbocycles. The first-order chi connectivity index (χ1) is 7.25. The first kappa shape index (κ1) is 11.4. The molecule has 0 saturated carbocycles. The van der Waals surface area contributed by atoms with E-state index in [4.69, 9.17) is 4.74 Å². The van der Waals surface area contributed by atoms with E-state index in [1.807, 2.05) is 5.38 Å². The standard InChI is InChI=1S/C10H15BrN2OS/c1-13(10-12-9(11)7-15-10)5-8-3-2-4-14-6-8/h7-8H,2-6H2,1H3. The van der Waals surface area contributed by atoms with Gasteiger partial charge >= 0.3 is 0 Å². The molecule has 1 saturated heterocycles. The molecule has 84 valence electrons. The van der Waals surface area contributed by atoms with Crippen LogP contribution < -0.4 is 4.90 Å². The van der Waals surface area contributed by atoms with Crippen molar-refractivity contribution in [1.29, 1.82) is 0 Å². The van der Waals surface area contributed by atoms with E-state index in [1.54, 1.807) is 11.3 Å². The minimum Gasteiger partial charge on any atom is -0.381 e. The second-order valence-corrected chi connectivity index (χ2v) is 5.57. The van der Waals surface area contributed by atoms with Gasteiger partial charge in [0, 0.05) is 25.6 Å². The molecule has 2 rings (SSSR count). The fourth-order valence-electron chi connectivity index (χ4n) is 1.84. The molecule has 0 spiro atoms. The molecule has 1 atom stereocenters. The fourth-order valence-corrected chi connectivity index (χ4v) is 3.06. The summed E-state index contributed by atoms with van der Waals surface area (Å²) in [6.07, 6.45) is 2.47. The first-order valence-corrected chi connectivity index (χ1v) is 6.83. The van der Waals surface area contributed by atoms with Crippen molar-refractivity contribution < 1.29 is 4.74 Å². The summed E-state index contributed by atoms with van der Waals surface area (Å²) < 4.78 is 6.40. The number of hydrogen-bond donors (Lipinski definition) is 0. The van der Waals surface area contributed by atoms with Gasteiger partial charge in [-0.2, -0.15) is 0 Å². The van der Waals surface area contributed by atoms with Crippen LogP contribution in [0, 0.1) is 5.92 Å². The van der Waals surface area contributed by atoms with Crippen LogP contribution in [-0.4, -0.2) is 31.8 Å². The van der Waals surface area contributed by atoms with Crippen LogP contribution in [0.2, 0.25) is 0 Å². The van der Waals surface area contributed by atoms with Crippen LogP contribution >= 0.6 is 27.3 Å². The molecule has 1 aliphatic rings. The Kier molecular flexibility index (Phi) is 3.99. The second-order valence-electron chi connectivity index (χ2n) is 3.92. The second kappa shape index (κ2) is 5.27. The monoisotopic (exact) mass is 290 g/mol. The fraction of sp³-hybridized carbons (Fsp3) is 0.700. The van der Waals surface area contributed by atoms with Crippen molar-refractivity contribution in [2.45, 2.75) is 12.8 Å². The van der Waals surface area contributed by atoms with Crippen molar-refractivity contribution in [3.05, 3.63) is 9.98 Å². The highest BCUT2D eigenvalue weighted by molar-refractivity contribution is 9.10. The predicted molar refractivity (Wildman–Crippen MR) is 66.6 cm³/mol. The average molecular weight is 291 g/mol. The number of nitrogens with zero attached hydrogens (tertiary/aromatic N) is 2. The Labute approximate surface area is 103 Å². The van der Waals surface area contributed by atoms with Gasteiger partial charge in [0.1, 0.15) is 4.60 Å². The van der Waals surface area contributed by atoms with E-state index in [1.165, 1.54) is 12.8 Å². The molecule has 0 amide bonds. The van der Waals surface area contributed by atoms with Crippen molar-refractivity contribution in [2.24, 2.45) is 5.92 Å². The average Bonchev–Trinajstić information content (AvgIpc) is 2.66. The summed E-state index contributed by atoms with van der Waals surface area (Å²) >= 11 is 5.05. The van der Waals surface area contributed by atoms with Gasteiger partial charge < -0.3 is 9.64 Å². The number of thiazole rings is 1.